The van der Waals surface area contributed by atoms with E-state index in [4.69, 9.17) is 0 Å². The maximum Gasteiger partial charge on any atom is 0.408 e. The fraction of sp³-hybridized carbons (Fsp3) is 0.562. The minimum atomic E-state index is -4.31. The summed E-state index contributed by atoms with van der Waals surface area (Å²) in [6, 6.07) is 8.09. The fourth-order valence-electron chi connectivity index (χ4n) is 2.80. The summed E-state index contributed by atoms with van der Waals surface area (Å²) in [5.41, 5.74) is 1.11. The topological polar surface area (TPSA) is 20.3 Å². The number of alkyl halides is 3. The monoisotopic (exact) mass is 299 g/mol. The SMILES string of the molecule is O=C(CCCc1ccccc1)N1CCCCC1C(F)(F)F. The molecule has 2 rings (SSSR count). The van der Waals surface area contributed by atoms with Crippen LogP contribution in [-0.4, -0.2) is 29.6 Å². The predicted molar refractivity (Wildman–Crippen MR) is 74.8 cm³/mol. The molecule has 0 spiro atoms. The van der Waals surface area contributed by atoms with Crippen molar-refractivity contribution < 1.29 is 18.0 Å². The number of carbonyl (C=O) groups excluding carboxylic acids is 1. The molecule has 5 heteroatoms. The Balaban J connectivity index is 1.86. The maximum atomic E-state index is 12.9. The Bertz CT molecular complexity index is 458. The van der Waals surface area contributed by atoms with Crippen molar-refractivity contribution in [3.05, 3.63) is 35.9 Å². The summed E-state index contributed by atoms with van der Waals surface area (Å²) in [4.78, 5) is 13.1. The second kappa shape index (κ2) is 6.96. The number of rotatable bonds is 4. The van der Waals surface area contributed by atoms with E-state index >= 15 is 0 Å². The van der Waals surface area contributed by atoms with Crippen molar-refractivity contribution in [2.75, 3.05) is 6.54 Å². The average molecular weight is 299 g/mol. The van der Waals surface area contributed by atoms with E-state index in [0.29, 0.717) is 19.3 Å². The Morgan fingerprint density at radius 3 is 2.57 bits per heavy atom. The second-order valence-corrected chi connectivity index (χ2v) is 5.48. The molecule has 0 radical (unpaired) electrons. The molecule has 1 aliphatic heterocycles. The maximum absolute atomic E-state index is 12.9. The van der Waals surface area contributed by atoms with E-state index in [1.54, 1.807) is 0 Å². The van der Waals surface area contributed by atoms with Crippen molar-refractivity contribution in [1.29, 1.82) is 0 Å². The first-order valence-electron chi connectivity index (χ1n) is 7.38. The van der Waals surface area contributed by atoms with Crippen LogP contribution >= 0.6 is 0 Å². The first-order chi connectivity index (χ1) is 9.98. The molecular formula is C16H20F3NO. The van der Waals surface area contributed by atoms with E-state index in [1.807, 2.05) is 30.3 Å². The van der Waals surface area contributed by atoms with E-state index in [-0.39, 0.29) is 25.3 Å². The van der Waals surface area contributed by atoms with Crippen LogP contribution in [0.1, 0.15) is 37.7 Å². The minimum absolute atomic E-state index is 0.0356. The molecule has 1 fully saturated rings. The number of piperidine rings is 1. The van der Waals surface area contributed by atoms with Crippen molar-refractivity contribution in [1.82, 2.24) is 4.90 Å². The molecule has 1 unspecified atom stereocenters. The third-order valence-corrected chi connectivity index (χ3v) is 3.90. The van der Waals surface area contributed by atoms with E-state index < -0.39 is 12.2 Å². The zero-order valence-electron chi connectivity index (χ0n) is 11.9. The highest BCUT2D eigenvalue weighted by atomic mass is 19.4. The number of hydrogen-bond donors (Lipinski definition) is 0. The third-order valence-electron chi connectivity index (χ3n) is 3.90. The highest BCUT2D eigenvalue weighted by molar-refractivity contribution is 5.76. The van der Waals surface area contributed by atoms with E-state index in [9.17, 15) is 18.0 Å². The lowest BCUT2D eigenvalue weighted by molar-refractivity contribution is -0.196. The van der Waals surface area contributed by atoms with Crippen LogP contribution in [-0.2, 0) is 11.2 Å². The lowest BCUT2D eigenvalue weighted by Gasteiger charge is -2.36. The van der Waals surface area contributed by atoms with Crippen LogP contribution in [0.25, 0.3) is 0 Å². The number of amides is 1. The molecule has 1 saturated heterocycles. The number of benzene rings is 1. The fourth-order valence-corrected chi connectivity index (χ4v) is 2.80. The number of nitrogens with zero attached hydrogens (tertiary/aromatic N) is 1. The quantitative estimate of drug-likeness (QED) is 0.824. The van der Waals surface area contributed by atoms with E-state index in [0.717, 1.165) is 16.9 Å². The third kappa shape index (κ3) is 4.48. The summed E-state index contributed by atoms with van der Waals surface area (Å²) in [6.07, 6.45) is -1.58. The summed E-state index contributed by atoms with van der Waals surface area (Å²) in [5.74, 6) is -0.368. The van der Waals surface area contributed by atoms with Crippen molar-refractivity contribution >= 4 is 5.91 Å². The normalized spacial score (nSPS) is 19.6. The molecule has 1 aromatic rings. The van der Waals surface area contributed by atoms with Crippen LogP contribution in [0, 0.1) is 0 Å². The van der Waals surface area contributed by atoms with Crippen LogP contribution in [0.3, 0.4) is 0 Å². The number of carbonyl (C=O) groups is 1. The molecule has 0 aromatic heterocycles. The highest BCUT2D eigenvalue weighted by Crippen LogP contribution is 2.32. The standard InChI is InChI=1S/C16H20F3NO/c17-16(18,19)14-10-4-5-12-20(14)15(21)11-6-9-13-7-2-1-3-8-13/h1-3,7-8,14H,4-6,9-12H2. The summed E-state index contributed by atoms with van der Waals surface area (Å²) < 4.78 is 38.8. The van der Waals surface area contributed by atoms with Gasteiger partial charge < -0.3 is 4.90 Å². The van der Waals surface area contributed by atoms with Gasteiger partial charge in [-0.1, -0.05) is 30.3 Å². The Kier molecular flexibility index (Phi) is 5.26. The number of halogens is 3. The zero-order valence-corrected chi connectivity index (χ0v) is 11.9. The van der Waals surface area contributed by atoms with Gasteiger partial charge >= 0.3 is 6.18 Å². The Morgan fingerprint density at radius 2 is 1.90 bits per heavy atom. The van der Waals surface area contributed by atoms with Crippen LogP contribution in [0.5, 0.6) is 0 Å². The average Bonchev–Trinajstić information content (AvgIpc) is 2.47. The first-order valence-corrected chi connectivity index (χ1v) is 7.38. The second-order valence-electron chi connectivity index (χ2n) is 5.48. The molecule has 1 aromatic carbocycles. The van der Waals surface area contributed by atoms with Crippen LogP contribution in [0.15, 0.2) is 30.3 Å². The zero-order chi connectivity index (χ0) is 15.3. The van der Waals surface area contributed by atoms with Gasteiger partial charge in [0.25, 0.3) is 0 Å². The van der Waals surface area contributed by atoms with Crippen molar-refractivity contribution in [2.24, 2.45) is 0 Å². The summed E-state index contributed by atoms with van der Waals surface area (Å²) in [7, 11) is 0. The molecule has 21 heavy (non-hydrogen) atoms. The summed E-state index contributed by atoms with van der Waals surface area (Å²) in [6.45, 7) is 0.231. The molecule has 0 N–H and O–H groups in total. The van der Waals surface area contributed by atoms with E-state index in [2.05, 4.69) is 0 Å². The van der Waals surface area contributed by atoms with Crippen molar-refractivity contribution in [3.63, 3.8) is 0 Å². The molecule has 2 nitrogen and oxygen atoms in total. The Labute approximate surface area is 122 Å². The molecule has 0 saturated carbocycles. The molecule has 1 amide bonds. The van der Waals surface area contributed by atoms with Gasteiger partial charge in [-0.15, -0.1) is 0 Å². The molecule has 1 aliphatic rings. The predicted octanol–water partition coefficient (Wildman–Crippen LogP) is 3.95. The highest BCUT2D eigenvalue weighted by Gasteiger charge is 2.45. The van der Waals surface area contributed by atoms with Gasteiger partial charge in [0.05, 0.1) is 0 Å². The molecule has 116 valence electrons. The number of likely N-dealkylation sites (tertiary alicyclic amines) is 1. The van der Waals surface area contributed by atoms with Gasteiger partial charge in [0.15, 0.2) is 0 Å². The van der Waals surface area contributed by atoms with Crippen LogP contribution < -0.4 is 0 Å². The van der Waals surface area contributed by atoms with Gasteiger partial charge in [0, 0.05) is 13.0 Å². The Hall–Kier alpha value is -1.52. The van der Waals surface area contributed by atoms with Crippen LogP contribution in [0.2, 0.25) is 0 Å². The molecule has 1 heterocycles. The number of aryl methyl sites for hydroxylation is 1. The van der Waals surface area contributed by atoms with Crippen LogP contribution in [0.4, 0.5) is 13.2 Å². The largest absolute Gasteiger partial charge is 0.408 e. The summed E-state index contributed by atoms with van der Waals surface area (Å²) >= 11 is 0. The van der Waals surface area contributed by atoms with Crippen molar-refractivity contribution in [3.8, 4) is 0 Å². The van der Waals surface area contributed by atoms with E-state index in [1.165, 1.54) is 0 Å². The molecule has 1 atom stereocenters. The van der Waals surface area contributed by atoms with Gasteiger partial charge in [0.1, 0.15) is 6.04 Å². The molecule has 0 bridgehead atoms. The van der Waals surface area contributed by atoms with Gasteiger partial charge in [-0.25, -0.2) is 0 Å². The van der Waals surface area contributed by atoms with Gasteiger partial charge in [0.2, 0.25) is 5.91 Å². The lowest BCUT2D eigenvalue weighted by atomic mass is 10.0. The molecule has 0 aliphatic carbocycles. The van der Waals surface area contributed by atoms with Gasteiger partial charge in [-0.05, 0) is 37.7 Å². The Morgan fingerprint density at radius 1 is 1.19 bits per heavy atom. The minimum Gasteiger partial charge on any atom is -0.331 e. The smallest absolute Gasteiger partial charge is 0.331 e. The number of hydrogen-bond acceptors (Lipinski definition) is 1. The van der Waals surface area contributed by atoms with Gasteiger partial charge in [-0.2, -0.15) is 13.2 Å². The molecular weight excluding hydrogens is 279 g/mol. The summed E-state index contributed by atoms with van der Waals surface area (Å²) in [5, 5.41) is 0. The lowest BCUT2D eigenvalue weighted by Crippen LogP contribution is -2.51. The van der Waals surface area contributed by atoms with Crippen molar-refractivity contribution in [2.45, 2.75) is 50.7 Å². The van der Waals surface area contributed by atoms with Gasteiger partial charge in [-0.3, -0.25) is 4.79 Å². The first kappa shape index (κ1) is 15.9.